The Kier molecular flexibility index (Phi) is 4.49. The fourth-order valence-electron chi connectivity index (χ4n) is 1.97. The van der Waals surface area contributed by atoms with E-state index in [0.717, 1.165) is 25.4 Å². The van der Waals surface area contributed by atoms with Crippen molar-refractivity contribution in [2.75, 3.05) is 0 Å². The molecule has 0 unspecified atom stereocenters. The molecule has 0 nitrogen and oxygen atoms in total. The Morgan fingerprint density at radius 3 is 1.24 bits per heavy atom. The third-order valence-corrected chi connectivity index (χ3v) is 8.32. The number of rotatable bonds is 2. The van der Waals surface area contributed by atoms with E-state index < -0.39 is 16.1 Å². The highest BCUT2D eigenvalue weighted by Crippen LogP contribution is 2.26. The van der Waals surface area contributed by atoms with Crippen LogP contribution in [0.5, 0.6) is 0 Å². The summed E-state index contributed by atoms with van der Waals surface area (Å²) < 4.78 is 0. The number of halogens is 3. The van der Waals surface area contributed by atoms with E-state index in [1.165, 1.54) is 0 Å². The monoisotopic (exact) mass is 324 g/mol. The zero-order valence-electron chi connectivity index (χ0n) is 11.2. The van der Waals surface area contributed by atoms with Crippen molar-refractivity contribution >= 4 is 61.3 Å². The van der Waals surface area contributed by atoms with Crippen LogP contribution < -0.4 is 10.4 Å². The standard InChI is InChI=1S/C12H19Cl3Si2/c1-16(2,3)11-8(13)7-9(14)12(10(11)15)17(4,5)6/h7H,1-6H3. The van der Waals surface area contributed by atoms with Crippen molar-refractivity contribution in [3.63, 3.8) is 0 Å². The second kappa shape index (κ2) is 4.89. The Bertz CT molecular complexity index is 404. The van der Waals surface area contributed by atoms with Gasteiger partial charge >= 0.3 is 0 Å². The molecule has 0 heterocycles. The molecular formula is C12H19Cl3Si2. The number of hydrogen-bond donors (Lipinski definition) is 0. The van der Waals surface area contributed by atoms with E-state index in [4.69, 9.17) is 34.8 Å². The molecule has 0 radical (unpaired) electrons. The molecule has 0 aliphatic heterocycles. The zero-order valence-corrected chi connectivity index (χ0v) is 15.5. The Morgan fingerprint density at radius 2 is 1.00 bits per heavy atom. The quantitative estimate of drug-likeness (QED) is 0.689. The SMILES string of the molecule is C[Si](C)(C)c1c(Cl)cc(Cl)c([Si](C)(C)C)c1Cl. The summed E-state index contributed by atoms with van der Waals surface area (Å²) in [5.41, 5.74) is 0. The van der Waals surface area contributed by atoms with Gasteiger partial charge in [0.1, 0.15) is 0 Å². The van der Waals surface area contributed by atoms with Gasteiger partial charge in [-0.05, 0) is 16.4 Å². The maximum atomic E-state index is 6.59. The summed E-state index contributed by atoms with van der Waals surface area (Å²) in [6, 6.07) is 1.87. The molecule has 0 atom stereocenters. The molecule has 0 fully saturated rings. The van der Waals surface area contributed by atoms with Gasteiger partial charge in [-0.1, -0.05) is 74.1 Å². The number of hydrogen-bond acceptors (Lipinski definition) is 0. The molecule has 17 heavy (non-hydrogen) atoms. The highest BCUT2D eigenvalue weighted by molar-refractivity contribution is 6.96. The van der Waals surface area contributed by atoms with Gasteiger partial charge in [0, 0.05) is 15.1 Å². The van der Waals surface area contributed by atoms with Crippen LogP contribution in [0.15, 0.2) is 6.07 Å². The van der Waals surface area contributed by atoms with Crippen LogP contribution >= 0.6 is 34.8 Å². The fourth-order valence-corrected chi connectivity index (χ4v) is 9.40. The van der Waals surface area contributed by atoms with Crippen molar-refractivity contribution in [1.82, 2.24) is 0 Å². The molecular weight excluding hydrogens is 307 g/mol. The molecule has 0 spiro atoms. The minimum atomic E-state index is -1.56. The van der Waals surface area contributed by atoms with Gasteiger partial charge in [-0.25, -0.2) is 0 Å². The first-order valence-electron chi connectivity index (χ1n) is 5.64. The van der Waals surface area contributed by atoms with Gasteiger partial charge in [0.15, 0.2) is 0 Å². The molecule has 0 aliphatic carbocycles. The summed E-state index contributed by atoms with van der Waals surface area (Å²) in [6.07, 6.45) is 0. The molecule has 0 aliphatic rings. The van der Waals surface area contributed by atoms with Crippen LogP contribution in [0.2, 0.25) is 54.3 Å². The molecule has 1 aromatic rings. The van der Waals surface area contributed by atoms with Crippen molar-refractivity contribution in [3.05, 3.63) is 21.1 Å². The van der Waals surface area contributed by atoms with Crippen molar-refractivity contribution in [2.24, 2.45) is 0 Å². The number of benzene rings is 1. The summed E-state index contributed by atoms with van der Waals surface area (Å²) in [5.74, 6) is 0. The van der Waals surface area contributed by atoms with Gasteiger partial charge in [0.05, 0.1) is 16.1 Å². The van der Waals surface area contributed by atoms with Crippen molar-refractivity contribution in [1.29, 1.82) is 0 Å². The lowest BCUT2D eigenvalue weighted by Crippen LogP contribution is -2.47. The lowest BCUT2D eigenvalue weighted by Gasteiger charge is -2.27. The molecule has 1 rings (SSSR count). The zero-order chi connectivity index (χ0) is 13.6. The smallest absolute Gasteiger partial charge is 0.0815 e. The molecule has 0 saturated carbocycles. The topological polar surface area (TPSA) is 0 Å². The normalized spacial score (nSPS) is 13.0. The van der Waals surface area contributed by atoms with E-state index in [1.54, 1.807) is 0 Å². The van der Waals surface area contributed by atoms with Crippen LogP contribution in [-0.2, 0) is 0 Å². The molecule has 1 aromatic carbocycles. The largest absolute Gasteiger partial charge is 0.0845 e. The van der Waals surface area contributed by atoms with Gasteiger partial charge in [-0.2, -0.15) is 0 Å². The van der Waals surface area contributed by atoms with Crippen LogP contribution in [0.25, 0.3) is 0 Å². The maximum Gasteiger partial charge on any atom is 0.0815 e. The summed E-state index contributed by atoms with van der Waals surface area (Å²) >= 11 is 19.2. The summed E-state index contributed by atoms with van der Waals surface area (Å²) in [6.45, 7) is 13.5. The average molecular weight is 326 g/mol. The summed E-state index contributed by atoms with van der Waals surface area (Å²) in [4.78, 5) is 0. The first kappa shape index (κ1) is 15.6. The van der Waals surface area contributed by atoms with Gasteiger partial charge in [-0.15, -0.1) is 0 Å². The predicted octanol–water partition coefficient (Wildman–Crippen LogP) is 4.74. The molecule has 0 bridgehead atoms. The molecule has 0 aromatic heterocycles. The first-order valence-corrected chi connectivity index (χ1v) is 13.8. The second-order valence-electron chi connectivity index (χ2n) is 6.40. The van der Waals surface area contributed by atoms with Gasteiger partial charge in [-0.3, -0.25) is 0 Å². The van der Waals surface area contributed by atoms with Gasteiger partial charge in [0.25, 0.3) is 0 Å². The molecule has 0 N–H and O–H groups in total. The highest BCUT2D eigenvalue weighted by Gasteiger charge is 2.31. The predicted molar refractivity (Wildman–Crippen MR) is 87.4 cm³/mol. The summed E-state index contributed by atoms with van der Waals surface area (Å²) in [7, 11) is -3.11. The highest BCUT2D eigenvalue weighted by atomic mass is 35.5. The van der Waals surface area contributed by atoms with Crippen LogP contribution in [0.4, 0.5) is 0 Å². The van der Waals surface area contributed by atoms with Crippen LogP contribution in [0.1, 0.15) is 0 Å². The van der Waals surface area contributed by atoms with E-state index in [0.29, 0.717) is 0 Å². The Balaban J connectivity index is 3.67. The molecule has 5 heteroatoms. The Morgan fingerprint density at radius 1 is 0.706 bits per heavy atom. The lowest BCUT2D eigenvalue weighted by molar-refractivity contribution is 1.66. The third-order valence-electron chi connectivity index (χ3n) is 2.67. The van der Waals surface area contributed by atoms with Crippen LogP contribution in [-0.4, -0.2) is 16.1 Å². The van der Waals surface area contributed by atoms with Crippen molar-refractivity contribution in [3.8, 4) is 0 Å². The van der Waals surface area contributed by atoms with Gasteiger partial charge in [0.2, 0.25) is 0 Å². The average Bonchev–Trinajstić information content (AvgIpc) is 1.94. The first-order chi connectivity index (χ1) is 7.46. The Hall–Kier alpha value is 0.524. The van der Waals surface area contributed by atoms with Gasteiger partial charge < -0.3 is 0 Å². The van der Waals surface area contributed by atoms with Crippen molar-refractivity contribution < 1.29 is 0 Å². The minimum absolute atomic E-state index is 0.723. The Labute approximate surface area is 121 Å². The van der Waals surface area contributed by atoms with E-state index in [-0.39, 0.29) is 0 Å². The maximum absolute atomic E-state index is 6.59. The van der Waals surface area contributed by atoms with Crippen LogP contribution in [0, 0.1) is 0 Å². The fraction of sp³-hybridized carbons (Fsp3) is 0.500. The minimum Gasteiger partial charge on any atom is -0.0845 e. The second-order valence-corrected chi connectivity index (χ2v) is 17.6. The van der Waals surface area contributed by atoms with E-state index in [2.05, 4.69) is 39.3 Å². The third kappa shape index (κ3) is 3.30. The molecule has 0 saturated heterocycles. The van der Waals surface area contributed by atoms with E-state index in [9.17, 15) is 0 Å². The lowest BCUT2D eigenvalue weighted by atomic mass is 10.3. The van der Waals surface area contributed by atoms with Crippen LogP contribution in [0.3, 0.4) is 0 Å². The summed E-state index contributed by atoms with van der Waals surface area (Å²) in [5, 5.41) is 4.55. The molecule has 96 valence electrons. The van der Waals surface area contributed by atoms with Crippen molar-refractivity contribution in [2.45, 2.75) is 39.3 Å². The van der Waals surface area contributed by atoms with E-state index in [1.807, 2.05) is 6.07 Å². The molecule has 0 amide bonds. The van der Waals surface area contributed by atoms with E-state index >= 15 is 0 Å².